The van der Waals surface area contributed by atoms with Crippen LogP contribution in [-0.4, -0.2) is 72.6 Å². The predicted molar refractivity (Wildman–Crippen MR) is 126 cm³/mol. The minimum Gasteiger partial charge on any atom is -0.450 e. The molecule has 0 unspecified atom stereocenters. The Morgan fingerprint density at radius 1 is 1.00 bits per heavy atom. The highest BCUT2D eigenvalue weighted by molar-refractivity contribution is 7.89. The molecule has 35 heavy (non-hydrogen) atoms. The average molecular weight is 500 g/mol. The van der Waals surface area contributed by atoms with Gasteiger partial charge in [-0.3, -0.25) is 10.1 Å². The minimum atomic E-state index is -3.77. The Morgan fingerprint density at radius 2 is 1.66 bits per heavy atom. The van der Waals surface area contributed by atoms with Crippen LogP contribution in [-0.2, 0) is 14.8 Å². The van der Waals surface area contributed by atoms with E-state index in [0.29, 0.717) is 0 Å². The van der Waals surface area contributed by atoms with E-state index in [9.17, 15) is 18.0 Å². The van der Waals surface area contributed by atoms with Crippen LogP contribution in [0.3, 0.4) is 0 Å². The van der Waals surface area contributed by atoms with E-state index in [2.05, 4.69) is 15.5 Å². The van der Waals surface area contributed by atoms with Crippen LogP contribution in [0.25, 0.3) is 11.5 Å². The van der Waals surface area contributed by atoms with Crippen molar-refractivity contribution in [2.75, 3.05) is 38.1 Å². The van der Waals surface area contributed by atoms with E-state index < -0.39 is 22.0 Å². The smallest absolute Gasteiger partial charge is 0.409 e. The van der Waals surface area contributed by atoms with Gasteiger partial charge in [0.1, 0.15) is 0 Å². The van der Waals surface area contributed by atoms with Crippen LogP contribution in [0.5, 0.6) is 0 Å². The quantitative estimate of drug-likeness (QED) is 0.547. The molecule has 4 rings (SSSR count). The average Bonchev–Trinajstić information content (AvgIpc) is 3.33. The summed E-state index contributed by atoms with van der Waals surface area (Å²) in [7, 11) is -3.77. The Kier molecular flexibility index (Phi) is 7.12. The van der Waals surface area contributed by atoms with Crippen LogP contribution in [0.15, 0.2) is 57.8 Å². The molecule has 11 nitrogen and oxygen atoms in total. The Balaban J connectivity index is 1.38. The summed E-state index contributed by atoms with van der Waals surface area (Å²) in [6.45, 7) is 4.74. The van der Waals surface area contributed by atoms with Gasteiger partial charge in [-0.15, -0.1) is 5.10 Å². The lowest BCUT2D eigenvalue weighted by molar-refractivity contribution is 0.0933. The molecule has 2 amide bonds. The summed E-state index contributed by atoms with van der Waals surface area (Å²) in [4.78, 5) is 25.9. The second-order valence-corrected chi connectivity index (χ2v) is 9.78. The highest BCUT2D eigenvalue weighted by Crippen LogP contribution is 2.22. The standard InChI is InChI=1S/C23H25N5O6S/c1-3-33-23(30)27-12-14-28(15-13-27)35(31,32)19-10-8-17(9-11-19)20(29)24-22-26-25-21(34-22)18-6-4-16(2)5-7-18/h4-11H,3,12-15H2,1-2H3,(H,24,26,29). The molecule has 3 aromatic rings. The van der Waals surface area contributed by atoms with Gasteiger partial charge in [-0.05, 0) is 50.2 Å². The van der Waals surface area contributed by atoms with Gasteiger partial charge in [0.05, 0.1) is 11.5 Å². The molecule has 1 aliphatic rings. The second kappa shape index (κ2) is 10.2. The maximum atomic E-state index is 13.0. The number of sulfonamides is 1. The third-order valence-corrected chi connectivity index (χ3v) is 7.38. The zero-order valence-corrected chi connectivity index (χ0v) is 20.1. The van der Waals surface area contributed by atoms with Gasteiger partial charge in [0.2, 0.25) is 15.9 Å². The lowest BCUT2D eigenvalue weighted by Gasteiger charge is -2.33. The van der Waals surface area contributed by atoms with Crippen molar-refractivity contribution >= 4 is 28.0 Å². The molecule has 1 aromatic heterocycles. The first-order chi connectivity index (χ1) is 16.8. The van der Waals surface area contributed by atoms with E-state index in [-0.39, 0.29) is 55.2 Å². The molecular formula is C23H25N5O6S. The fourth-order valence-corrected chi connectivity index (χ4v) is 4.93. The van der Waals surface area contributed by atoms with E-state index in [1.54, 1.807) is 6.92 Å². The van der Waals surface area contributed by atoms with E-state index in [0.717, 1.165) is 11.1 Å². The second-order valence-electron chi connectivity index (χ2n) is 7.85. The summed E-state index contributed by atoms with van der Waals surface area (Å²) in [6, 6.07) is 13.0. The minimum absolute atomic E-state index is 0.0538. The number of ether oxygens (including phenoxy) is 1. The highest BCUT2D eigenvalue weighted by atomic mass is 32.2. The Hall–Kier alpha value is -3.77. The molecule has 1 saturated heterocycles. The number of carbonyl (C=O) groups is 2. The number of anilines is 1. The van der Waals surface area contributed by atoms with Gasteiger partial charge in [-0.1, -0.05) is 22.8 Å². The van der Waals surface area contributed by atoms with Crippen LogP contribution in [0.4, 0.5) is 10.8 Å². The van der Waals surface area contributed by atoms with Crippen molar-refractivity contribution in [3.63, 3.8) is 0 Å². The van der Waals surface area contributed by atoms with Crippen molar-refractivity contribution < 1.29 is 27.2 Å². The van der Waals surface area contributed by atoms with Gasteiger partial charge in [0.25, 0.3) is 5.91 Å². The van der Waals surface area contributed by atoms with Crippen molar-refractivity contribution in [2.24, 2.45) is 0 Å². The Morgan fingerprint density at radius 3 is 2.29 bits per heavy atom. The largest absolute Gasteiger partial charge is 0.450 e. The number of aryl methyl sites for hydroxylation is 1. The summed E-state index contributed by atoms with van der Waals surface area (Å²) in [5, 5.41) is 10.3. The lowest BCUT2D eigenvalue weighted by Crippen LogP contribution is -2.50. The van der Waals surface area contributed by atoms with Crippen LogP contribution < -0.4 is 5.32 Å². The number of hydrogen-bond acceptors (Lipinski definition) is 8. The summed E-state index contributed by atoms with van der Waals surface area (Å²) in [6.07, 6.45) is -0.452. The summed E-state index contributed by atoms with van der Waals surface area (Å²) < 4.78 is 37.7. The number of amides is 2. The van der Waals surface area contributed by atoms with Crippen LogP contribution in [0, 0.1) is 6.92 Å². The van der Waals surface area contributed by atoms with E-state index in [1.807, 2.05) is 31.2 Å². The molecule has 0 saturated carbocycles. The van der Waals surface area contributed by atoms with Crippen LogP contribution in [0.1, 0.15) is 22.8 Å². The topological polar surface area (TPSA) is 135 Å². The zero-order chi connectivity index (χ0) is 25.0. The highest BCUT2D eigenvalue weighted by Gasteiger charge is 2.30. The molecule has 1 aliphatic heterocycles. The van der Waals surface area contributed by atoms with Gasteiger partial charge in [-0.2, -0.15) is 4.31 Å². The van der Waals surface area contributed by atoms with Gasteiger partial charge >= 0.3 is 12.1 Å². The maximum Gasteiger partial charge on any atom is 0.409 e. The Bertz CT molecular complexity index is 1300. The maximum absolute atomic E-state index is 13.0. The third kappa shape index (κ3) is 5.49. The number of rotatable bonds is 6. The number of aromatic nitrogens is 2. The van der Waals surface area contributed by atoms with Gasteiger partial charge in [-0.25, -0.2) is 13.2 Å². The number of benzene rings is 2. The molecule has 0 spiro atoms. The molecule has 1 N–H and O–H groups in total. The molecule has 0 atom stereocenters. The van der Waals surface area contributed by atoms with Gasteiger partial charge in [0, 0.05) is 37.3 Å². The third-order valence-electron chi connectivity index (χ3n) is 5.46. The zero-order valence-electron chi connectivity index (χ0n) is 19.3. The first-order valence-corrected chi connectivity index (χ1v) is 12.5. The van der Waals surface area contributed by atoms with E-state index in [1.165, 1.54) is 33.5 Å². The van der Waals surface area contributed by atoms with Crippen LogP contribution >= 0.6 is 0 Å². The number of carbonyl (C=O) groups excluding carboxylic acids is 2. The molecule has 2 heterocycles. The van der Waals surface area contributed by atoms with E-state index >= 15 is 0 Å². The number of nitrogens with zero attached hydrogens (tertiary/aromatic N) is 4. The molecule has 0 aliphatic carbocycles. The van der Waals surface area contributed by atoms with Crippen LogP contribution in [0.2, 0.25) is 0 Å². The number of hydrogen-bond donors (Lipinski definition) is 1. The predicted octanol–water partition coefficient (Wildman–Crippen LogP) is 2.76. The van der Waals surface area contributed by atoms with Crippen molar-refractivity contribution in [2.45, 2.75) is 18.7 Å². The normalized spacial score (nSPS) is 14.5. The molecule has 12 heteroatoms. The summed E-state index contributed by atoms with van der Waals surface area (Å²) in [5.41, 5.74) is 2.04. The first-order valence-electron chi connectivity index (χ1n) is 11.0. The van der Waals surface area contributed by atoms with Gasteiger partial charge < -0.3 is 14.1 Å². The van der Waals surface area contributed by atoms with Crippen molar-refractivity contribution in [1.82, 2.24) is 19.4 Å². The summed E-state index contributed by atoms with van der Waals surface area (Å²) in [5.74, 6) is -0.249. The Labute approximate surface area is 202 Å². The summed E-state index contributed by atoms with van der Waals surface area (Å²) >= 11 is 0. The van der Waals surface area contributed by atoms with Gasteiger partial charge in [0.15, 0.2) is 0 Å². The monoisotopic (exact) mass is 499 g/mol. The number of nitrogens with one attached hydrogen (secondary N) is 1. The van der Waals surface area contributed by atoms with Crippen molar-refractivity contribution in [1.29, 1.82) is 0 Å². The molecule has 2 aromatic carbocycles. The first kappa shape index (κ1) is 24.4. The van der Waals surface area contributed by atoms with Crippen molar-refractivity contribution in [3.05, 3.63) is 59.7 Å². The number of piperazine rings is 1. The SMILES string of the molecule is CCOC(=O)N1CCN(S(=O)(=O)c2ccc(C(=O)Nc3nnc(-c4ccc(C)cc4)o3)cc2)CC1. The molecule has 1 fully saturated rings. The fraction of sp³-hybridized carbons (Fsp3) is 0.304. The lowest BCUT2D eigenvalue weighted by atomic mass is 10.1. The molecule has 184 valence electrons. The van der Waals surface area contributed by atoms with E-state index in [4.69, 9.17) is 9.15 Å². The molecule has 0 radical (unpaired) electrons. The molecular weight excluding hydrogens is 474 g/mol. The fourth-order valence-electron chi connectivity index (χ4n) is 3.51. The molecule has 0 bridgehead atoms. The van der Waals surface area contributed by atoms with Crippen molar-refractivity contribution in [3.8, 4) is 11.5 Å².